The summed E-state index contributed by atoms with van der Waals surface area (Å²) in [6.07, 6.45) is -0.257. The predicted molar refractivity (Wildman–Crippen MR) is 173 cm³/mol. The lowest BCUT2D eigenvalue weighted by Crippen LogP contribution is -2.60. The van der Waals surface area contributed by atoms with Crippen LogP contribution in [0.25, 0.3) is 0 Å². The molecule has 2 amide bonds. The van der Waals surface area contributed by atoms with Crippen molar-refractivity contribution in [3.8, 4) is 5.75 Å². The number of ether oxygens (including phenoxy) is 2. The minimum atomic E-state index is -3.84. The molecule has 0 spiro atoms. The number of hydrazine groups is 1. The third kappa shape index (κ3) is 10.8. The Morgan fingerprint density at radius 1 is 1.11 bits per heavy atom. The van der Waals surface area contributed by atoms with Gasteiger partial charge in [-0.3, -0.25) is 20.3 Å². The van der Waals surface area contributed by atoms with E-state index in [1.54, 1.807) is 39.2 Å². The van der Waals surface area contributed by atoms with Crippen LogP contribution in [0.2, 0.25) is 0 Å². The molecule has 1 aliphatic heterocycles. The first-order valence-corrected chi connectivity index (χ1v) is 17.0. The van der Waals surface area contributed by atoms with E-state index in [1.165, 1.54) is 5.01 Å². The number of carbonyl (C=O) groups excluding carboxylic acids is 2. The molecule has 0 bridgehead atoms. The Morgan fingerprint density at radius 2 is 1.82 bits per heavy atom. The molecule has 3 atom stereocenters. The molecule has 2 unspecified atom stereocenters. The SMILES string of the molecule is COCCNCC(=O)NN(C(=O)CC(C)(C)C)C(Cc1ccccc1)[C@H](O)CNC(C(C)C)S(=O)(=O)c1ccc2c(c1)CCO2. The van der Waals surface area contributed by atoms with Crippen LogP contribution < -0.4 is 20.8 Å². The second kappa shape index (κ2) is 16.5. The van der Waals surface area contributed by atoms with E-state index in [4.69, 9.17) is 9.47 Å². The smallest absolute Gasteiger partial charge is 0.252 e. The number of rotatable bonds is 16. The van der Waals surface area contributed by atoms with Gasteiger partial charge < -0.3 is 19.9 Å². The maximum absolute atomic E-state index is 13.8. The Kier molecular flexibility index (Phi) is 13.4. The Morgan fingerprint density at radius 3 is 2.47 bits per heavy atom. The predicted octanol–water partition coefficient (Wildman–Crippen LogP) is 2.47. The van der Waals surface area contributed by atoms with E-state index in [9.17, 15) is 23.1 Å². The topological polar surface area (TPSA) is 146 Å². The molecule has 250 valence electrons. The van der Waals surface area contributed by atoms with Gasteiger partial charge in [-0.1, -0.05) is 65.0 Å². The van der Waals surface area contributed by atoms with Crippen molar-refractivity contribution < 1.29 is 32.6 Å². The van der Waals surface area contributed by atoms with Gasteiger partial charge in [0.05, 0.1) is 36.8 Å². The van der Waals surface area contributed by atoms with Gasteiger partial charge in [-0.05, 0) is 47.1 Å². The molecule has 0 radical (unpaired) electrons. The molecule has 1 aliphatic rings. The van der Waals surface area contributed by atoms with Crippen LogP contribution in [0.15, 0.2) is 53.4 Å². The Hall–Kier alpha value is -3.03. The monoisotopic (exact) mass is 646 g/mol. The molecule has 45 heavy (non-hydrogen) atoms. The van der Waals surface area contributed by atoms with Crippen LogP contribution in [-0.2, 0) is 37.0 Å². The van der Waals surface area contributed by atoms with E-state index in [2.05, 4.69) is 16.1 Å². The molecule has 4 N–H and O–H groups in total. The summed E-state index contributed by atoms with van der Waals surface area (Å²) in [6.45, 7) is 10.5. The first-order chi connectivity index (χ1) is 21.2. The summed E-state index contributed by atoms with van der Waals surface area (Å²) in [4.78, 5) is 26.9. The summed E-state index contributed by atoms with van der Waals surface area (Å²) in [6, 6.07) is 13.4. The van der Waals surface area contributed by atoms with Crippen molar-refractivity contribution in [2.75, 3.05) is 40.0 Å². The molecule has 12 heteroatoms. The van der Waals surface area contributed by atoms with Crippen molar-refractivity contribution in [2.24, 2.45) is 11.3 Å². The highest BCUT2D eigenvalue weighted by molar-refractivity contribution is 7.92. The number of hydrogen-bond acceptors (Lipinski definition) is 9. The molecule has 2 aromatic rings. The van der Waals surface area contributed by atoms with Crippen molar-refractivity contribution in [2.45, 2.75) is 76.3 Å². The largest absolute Gasteiger partial charge is 0.493 e. The van der Waals surface area contributed by atoms with E-state index in [1.807, 2.05) is 51.1 Å². The van der Waals surface area contributed by atoms with Gasteiger partial charge in [-0.25, -0.2) is 13.4 Å². The average Bonchev–Trinajstić information content (AvgIpc) is 3.45. The molecule has 11 nitrogen and oxygen atoms in total. The molecule has 0 saturated carbocycles. The zero-order valence-corrected chi connectivity index (χ0v) is 28.2. The highest BCUT2D eigenvalue weighted by Crippen LogP contribution is 2.30. The van der Waals surface area contributed by atoms with E-state index in [-0.39, 0.29) is 42.7 Å². The number of amides is 2. The van der Waals surface area contributed by atoms with Crippen LogP contribution in [0.1, 0.15) is 52.2 Å². The minimum Gasteiger partial charge on any atom is -0.493 e. The van der Waals surface area contributed by atoms with E-state index < -0.39 is 38.7 Å². The zero-order valence-electron chi connectivity index (χ0n) is 27.3. The zero-order chi connectivity index (χ0) is 33.2. The number of nitrogens with one attached hydrogen (secondary N) is 3. The molecule has 2 aromatic carbocycles. The van der Waals surface area contributed by atoms with Crippen molar-refractivity contribution in [3.63, 3.8) is 0 Å². The second-order valence-electron chi connectivity index (χ2n) is 13.0. The molecular weight excluding hydrogens is 596 g/mol. The van der Waals surface area contributed by atoms with Crippen molar-refractivity contribution in [1.29, 1.82) is 0 Å². The molecule has 3 rings (SSSR count). The lowest BCUT2D eigenvalue weighted by Gasteiger charge is -2.37. The fraction of sp³-hybridized carbons (Fsp3) is 0.576. The maximum Gasteiger partial charge on any atom is 0.252 e. The normalized spacial score (nSPS) is 15.2. The number of aliphatic hydroxyl groups excluding tert-OH is 1. The van der Waals surface area contributed by atoms with Gasteiger partial charge in [0.25, 0.3) is 5.91 Å². The minimum absolute atomic E-state index is 0.0610. The van der Waals surface area contributed by atoms with Gasteiger partial charge in [-0.2, -0.15) is 0 Å². The summed E-state index contributed by atoms with van der Waals surface area (Å²) >= 11 is 0. The van der Waals surface area contributed by atoms with Gasteiger partial charge in [0.1, 0.15) is 11.1 Å². The summed E-state index contributed by atoms with van der Waals surface area (Å²) in [5.41, 5.74) is 4.03. The maximum atomic E-state index is 13.8. The number of nitrogens with zero attached hydrogens (tertiary/aromatic N) is 1. The standard InChI is InChI=1S/C33H50N4O7S/c1-23(2)32(45(41,42)26-12-13-29-25(19-26)14-16-44-29)35-21-28(38)27(18-24-10-8-7-9-11-24)37(31(40)20-33(3,4)5)36-30(39)22-34-15-17-43-6/h7-13,19,23,27-28,32,34-35,38H,14-18,20-22H2,1-6H3,(H,36,39)/t27?,28-,32?/m1/s1. The number of methoxy groups -OCH3 is 1. The van der Waals surface area contributed by atoms with Crippen LogP contribution in [0.5, 0.6) is 5.75 Å². The Labute approximate surface area is 267 Å². The van der Waals surface area contributed by atoms with Crippen LogP contribution in [0.3, 0.4) is 0 Å². The fourth-order valence-electron chi connectivity index (χ4n) is 5.24. The number of fused-ring (bicyclic) bond motifs is 1. The summed E-state index contributed by atoms with van der Waals surface area (Å²) < 4.78 is 38.2. The summed E-state index contributed by atoms with van der Waals surface area (Å²) in [5, 5.41) is 18.0. The lowest BCUT2D eigenvalue weighted by molar-refractivity contribution is -0.149. The van der Waals surface area contributed by atoms with Gasteiger partial charge in [0.15, 0.2) is 9.84 Å². The molecular formula is C33H50N4O7S. The quantitative estimate of drug-likeness (QED) is 0.160. The summed E-state index contributed by atoms with van der Waals surface area (Å²) in [5.74, 6) is -0.454. The number of carbonyl (C=O) groups is 2. The highest BCUT2D eigenvalue weighted by Gasteiger charge is 2.36. The third-order valence-electron chi connectivity index (χ3n) is 7.48. The first-order valence-electron chi connectivity index (χ1n) is 15.5. The third-order valence-corrected chi connectivity index (χ3v) is 9.78. The second-order valence-corrected chi connectivity index (χ2v) is 15.1. The average molecular weight is 647 g/mol. The number of aliphatic hydroxyl groups is 1. The van der Waals surface area contributed by atoms with E-state index in [0.29, 0.717) is 31.9 Å². The van der Waals surface area contributed by atoms with Crippen molar-refractivity contribution in [3.05, 3.63) is 59.7 Å². The lowest BCUT2D eigenvalue weighted by atomic mass is 9.91. The molecule has 0 fully saturated rings. The van der Waals surface area contributed by atoms with Crippen LogP contribution in [0, 0.1) is 11.3 Å². The summed E-state index contributed by atoms with van der Waals surface area (Å²) in [7, 11) is -2.28. The number of sulfone groups is 1. The van der Waals surface area contributed by atoms with Crippen molar-refractivity contribution >= 4 is 21.7 Å². The van der Waals surface area contributed by atoms with Crippen LogP contribution >= 0.6 is 0 Å². The Balaban J connectivity index is 1.88. The van der Waals surface area contributed by atoms with Crippen LogP contribution in [0.4, 0.5) is 0 Å². The van der Waals surface area contributed by atoms with Gasteiger partial charge >= 0.3 is 0 Å². The molecule has 0 saturated heterocycles. The van der Waals surface area contributed by atoms with Gasteiger partial charge in [-0.15, -0.1) is 0 Å². The van der Waals surface area contributed by atoms with Gasteiger partial charge in [0.2, 0.25) is 5.91 Å². The number of benzene rings is 2. The first kappa shape index (κ1) is 36.4. The Bertz CT molecular complexity index is 1360. The van der Waals surface area contributed by atoms with Crippen LogP contribution in [-0.4, -0.2) is 87.8 Å². The highest BCUT2D eigenvalue weighted by atomic mass is 32.2. The van der Waals surface area contributed by atoms with E-state index in [0.717, 1.165) is 11.1 Å². The molecule has 1 heterocycles. The van der Waals surface area contributed by atoms with Crippen molar-refractivity contribution in [1.82, 2.24) is 21.1 Å². The number of hydrogen-bond donors (Lipinski definition) is 4. The van der Waals surface area contributed by atoms with Gasteiger partial charge in [0, 0.05) is 33.0 Å². The molecule has 0 aromatic heterocycles. The fourth-order valence-corrected chi connectivity index (χ4v) is 7.13. The molecule has 0 aliphatic carbocycles. The van der Waals surface area contributed by atoms with E-state index >= 15 is 0 Å².